The second-order valence-electron chi connectivity index (χ2n) is 4.85. The van der Waals surface area contributed by atoms with E-state index in [-0.39, 0.29) is 29.3 Å². The van der Waals surface area contributed by atoms with E-state index in [4.69, 9.17) is 5.73 Å². The standard InChI is InChI=1S/C13H19N3O3S.ClH/c1-10(17)15-11-4-6-13(7-5-11)20(18,19)16-8-2-3-12(16)9-14;/h4-7,12H,2-3,8-9,14H2,1H3,(H,15,17);1H. The second-order valence-corrected chi connectivity index (χ2v) is 6.74. The van der Waals surface area contributed by atoms with Crippen LogP contribution in [0.1, 0.15) is 19.8 Å². The maximum absolute atomic E-state index is 12.5. The molecule has 0 bridgehead atoms. The van der Waals surface area contributed by atoms with Crippen molar-refractivity contribution in [2.45, 2.75) is 30.7 Å². The SMILES string of the molecule is CC(=O)Nc1ccc(S(=O)(=O)N2CCCC2CN)cc1.Cl. The van der Waals surface area contributed by atoms with E-state index in [2.05, 4.69) is 5.32 Å². The van der Waals surface area contributed by atoms with Crippen LogP contribution in [0.25, 0.3) is 0 Å². The van der Waals surface area contributed by atoms with Crippen LogP contribution in [0.3, 0.4) is 0 Å². The first-order valence-electron chi connectivity index (χ1n) is 6.54. The number of nitrogens with one attached hydrogen (secondary N) is 1. The summed E-state index contributed by atoms with van der Waals surface area (Å²) in [4.78, 5) is 11.2. The van der Waals surface area contributed by atoms with Crippen LogP contribution in [0.2, 0.25) is 0 Å². The summed E-state index contributed by atoms with van der Waals surface area (Å²) in [6, 6.07) is 6.07. The number of benzene rings is 1. The van der Waals surface area contributed by atoms with Crippen molar-refractivity contribution in [2.24, 2.45) is 5.73 Å². The van der Waals surface area contributed by atoms with Crippen molar-refractivity contribution < 1.29 is 13.2 Å². The van der Waals surface area contributed by atoms with Gasteiger partial charge >= 0.3 is 0 Å². The minimum absolute atomic E-state index is 0. The number of anilines is 1. The third-order valence-electron chi connectivity index (χ3n) is 3.38. The summed E-state index contributed by atoms with van der Waals surface area (Å²) in [5, 5.41) is 2.61. The minimum Gasteiger partial charge on any atom is -0.329 e. The van der Waals surface area contributed by atoms with E-state index in [1.807, 2.05) is 0 Å². The Balaban J connectivity index is 0.00000220. The van der Waals surface area contributed by atoms with Gasteiger partial charge in [-0.2, -0.15) is 4.31 Å². The molecule has 1 saturated heterocycles. The van der Waals surface area contributed by atoms with Crippen molar-refractivity contribution in [1.82, 2.24) is 4.31 Å². The lowest BCUT2D eigenvalue weighted by Crippen LogP contribution is -2.39. The summed E-state index contributed by atoms with van der Waals surface area (Å²) in [6.07, 6.45) is 1.64. The number of nitrogens with zero attached hydrogens (tertiary/aromatic N) is 1. The third-order valence-corrected chi connectivity index (χ3v) is 5.34. The molecule has 1 amide bonds. The van der Waals surface area contributed by atoms with Gasteiger partial charge in [0.2, 0.25) is 15.9 Å². The molecule has 21 heavy (non-hydrogen) atoms. The topological polar surface area (TPSA) is 92.5 Å². The molecule has 0 aliphatic carbocycles. The molecule has 2 rings (SSSR count). The summed E-state index contributed by atoms with van der Waals surface area (Å²) in [5.41, 5.74) is 6.20. The Bertz CT molecular complexity index is 589. The molecule has 1 atom stereocenters. The fraction of sp³-hybridized carbons (Fsp3) is 0.462. The lowest BCUT2D eigenvalue weighted by Gasteiger charge is -2.22. The van der Waals surface area contributed by atoms with E-state index < -0.39 is 10.0 Å². The first kappa shape index (κ1) is 17.9. The Hall–Kier alpha value is -1.15. The number of amides is 1. The molecule has 1 unspecified atom stereocenters. The van der Waals surface area contributed by atoms with Crippen molar-refractivity contribution >= 4 is 34.0 Å². The number of rotatable bonds is 4. The van der Waals surface area contributed by atoms with Crippen LogP contribution in [-0.2, 0) is 14.8 Å². The number of hydrogen-bond donors (Lipinski definition) is 2. The molecule has 1 heterocycles. The van der Waals surface area contributed by atoms with Gasteiger partial charge in [0.05, 0.1) is 4.90 Å². The molecule has 1 aromatic rings. The zero-order valence-corrected chi connectivity index (χ0v) is 13.4. The zero-order valence-electron chi connectivity index (χ0n) is 11.8. The lowest BCUT2D eigenvalue weighted by atomic mass is 10.2. The van der Waals surface area contributed by atoms with Crippen molar-refractivity contribution in [3.8, 4) is 0 Å². The normalized spacial score (nSPS) is 19.0. The highest BCUT2D eigenvalue weighted by Crippen LogP contribution is 2.26. The van der Waals surface area contributed by atoms with Gasteiger partial charge in [-0.1, -0.05) is 0 Å². The fourth-order valence-corrected chi connectivity index (χ4v) is 4.11. The molecular weight excluding hydrogens is 314 g/mol. The van der Waals surface area contributed by atoms with Gasteiger partial charge < -0.3 is 11.1 Å². The largest absolute Gasteiger partial charge is 0.329 e. The predicted molar refractivity (Wildman–Crippen MR) is 84.0 cm³/mol. The van der Waals surface area contributed by atoms with Gasteiger partial charge in [-0.05, 0) is 37.1 Å². The summed E-state index contributed by atoms with van der Waals surface area (Å²) < 4.78 is 26.5. The Kier molecular flexibility index (Phi) is 6.15. The summed E-state index contributed by atoms with van der Waals surface area (Å²) >= 11 is 0. The maximum atomic E-state index is 12.5. The molecule has 0 spiro atoms. The van der Waals surface area contributed by atoms with Gasteiger partial charge in [-0.3, -0.25) is 4.79 Å². The van der Waals surface area contributed by atoms with Crippen LogP contribution >= 0.6 is 12.4 Å². The molecule has 3 N–H and O–H groups in total. The average molecular weight is 334 g/mol. The van der Waals surface area contributed by atoms with Gasteiger partial charge in [0.25, 0.3) is 0 Å². The zero-order chi connectivity index (χ0) is 14.8. The number of carbonyl (C=O) groups excluding carboxylic acids is 1. The van der Waals surface area contributed by atoms with Gasteiger partial charge in [0.15, 0.2) is 0 Å². The molecule has 1 fully saturated rings. The number of sulfonamides is 1. The summed E-state index contributed by atoms with van der Waals surface area (Å²) in [5.74, 6) is -0.191. The van der Waals surface area contributed by atoms with Crippen LogP contribution in [0.15, 0.2) is 29.2 Å². The fourth-order valence-electron chi connectivity index (χ4n) is 2.41. The molecule has 1 aliphatic rings. The van der Waals surface area contributed by atoms with E-state index in [0.29, 0.717) is 18.8 Å². The Morgan fingerprint density at radius 1 is 1.38 bits per heavy atom. The minimum atomic E-state index is -3.50. The van der Waals surface area contributed by atoms with Crippen molar-refractivity contribution in [1.29, 1.82) is 0 Å². The Morgan fingerprint density at radius 2 is 2.00 bits per heavy atom. The monoisotopic (exact) mass is 333 g/mol. The highest BCUT2D eigenvalue weighted by molar-refractivity contribution is 7.89. The molecule has 0 aromatic heterocycles. The van der Waals surface area contributed by atoms with E-state index in [9.17, 15) is 13.2 Å². The van der Waals surface area contributed by atoms with Crippen LogP contribution in [0.4, 0.5) is 5.69 Å². The first-order valence-corrected chi connectivity index (χ1v) is 7.98. The predicted octanol–water partition coefficient (Wildman–Crippen LogP) is 1.18. The van der Waals surface area contributed by atoms with Crippen molar-refractivity contribution in [2.75, 3.05) is 18.4 Å². The molecule has 0 radical (unpaired) electrons. The van der Waals surface area contributed by atoms with Crippen molar-refractivity contribution in [3.63, 3.8) is 0 Å². The molecule has 0 saturated carbocycles. The molecule has 118 valence electrons. The van der Waals surface area contributed by atoms with E-state index in [1.165, 1.54) is 23.4 Å². The smallest absolute Gasteiger partial charge is 0.243 e. The molecular formula is C13H20ClN3O3S. The number of carbonyl (C=O) groups is 1. The van der Waals surface area contributed by atoms with Crippen LogP contribution in [-0.4, -0.2) is 37.8 Å². The number of nitrogens with two attached hydrogens (primary N) is 1. The molecule has 1 aromatic carbocycles. The number of hydrogen-bond acceptors (Lipinski definition) is 4. The highest BCUT2D eigenvalue weighted by atomic mass is 35.5. The quantitative estimate of drug-likeness (QED) is 0.865. The lowest BCUT2D eigenvalue weighted by molar-refractivity contribution is -0.114. The van der Waals surface area contributed by atoms with E-state index >= 15 is 0 Å². The van der Waals surface area contributed by atoms with Crippen LogP contribution in [0.5, 0.6) is 0 Å². The van der Waals surface area contributed by atoms with Gasteiger partial charge in [-0.15, -0.1) is 12.4 Å². The highest BCUT2D eigenvalue weighted by Gasteiger charge is 2.34. The summed E-state index contributed by atoms with van der Waals surface area (Å²) in [7, 11) is -3.50. The van der Waals surface area contributed by atoms with Crippen LogP contribution in [0, 0.1) is 0 Å². The second kappa shape index (κ2) is 7.22. The van der Waals surface area contributed by atoms with Gasteiger partial charge in [-0.25, -0.2) is 8.42 Å². The first-order chi connectivity index (χ1) is 9.45. The van der Waals surface area contributed by atoms with Crippen LogP contribution < -0.4 is 11.1 Å². The van der Waals surface area contributed by atoms with Crippen molar-refractivity contribution in [3.05, 3.63) is 24.3 Å². The van der Waals surface area contributed by atoms with Gasteiger partial charge in [0, 0.05) is 31.7 Å². The third kappa shape index (κ3) is 3.94. The Morgan fingerprint density at radius 3 is 2.52 bits per heavy atom. The molecule has 6 nitrogen and oxygen atoms in total. The molecule has 1 aliphatic heterocycles. The Labute approximate surface area is 131 Å². The average Bonchev–Trinajstić information content (AvgIpc) is 2.87. The maximum Gasteiger partial charge on any atom is 0.243 e. The summed E-state index contributed by atoms with van der Waals surface area (Å²) in [6.45, 7) is 2.25. The van der Waals surface area contributed by atoms with E-state index in [0.717, 1.165) is 12.8 Å². The van der Waals surface area contributed by atoms with Gasteiger partial charge in [0.1, 0.15) is 0 Å². The number of halogens is 1. The van der Waals surface area contributed by atoms with E-state index in [1.54, 1.807) is 12.1 Å². The molecule has 8 heteroatoms.